The molecule has 0 aliphatic carbocycles. The van der Waals surface area contributed by atoms with Gasteiger partial charge in [0.25, 0.3) is 0 Å². The summed E-state index contributed by atoms with van der Waals surface area (Å²) in [6.45, 7) is 3.99. The van der Waals surface area contributed by atoms with E-state index in [-0.39, 0.29) is 0 Å². The Morgan fingerprint density at radius 1 is 1.25 bits per heavy atom. The Kier molecular flexibility index (Phi) is 5.65. The molecule has 1 heterocycles. The molecule has 0 aliphatic rings. The van der Waals surface area contributed by atoms with E-state index in [1.165, 1.54) is 0 Å². The fourth-order valence-electron chi connectivity index (χ4n) is 1.86. The highest BCUT2D eigenvalue weighted by molar-refractivity contribution is 5.27. The van der Waals surface area contributed by atoms with Gasteiger partial charge in [0.1, 0.15) is 17.6 Å². The van der Waals surface area contributed by atoms with Gasteiger partial charge in [-0.05, 0) is 36.2 Å². The smallest absolute Gasteiger partial charge is 0.133 e. The first kappa shape index (κ1) is 14.6. The van der Waals surface area contributed by atoms with Crippen molar-refractivity contribution >= 4 is 0 Å². The van der Waals surface area contributed by atoms with Gasteiger partial charge in [0.05, 0.1) is 12.9 Å². The lowest BCUT2D eigenvalue weighted by Crippen LogP contribution is -2.20. The fraction of sp³-hybridized carbons (Fsp3) is 0.375. The van der Waals surface area contributed by atoms with Crippen LogP contribution >= 0.6 is 0 Å². The maximum atomic E-state index is 9.85. The van der Waals surface area contributed by atoms with Crippen molar-refractivity contribution in [2.24, 2.45) is 0 Å². The van der Waals surface area contributed by atoms with E-state index in [1.54, 1.807) is 18.4 Å². The topological polar surface area (TPSA) is 54.6 Å². The molecule has 0 amide bonds. The second-order valence-electron chi connectivity index (χ2n) is 4.65. The van der Waals surface area contributed by atoms with Crippen LogP contribution in [-0.4, -0.2) is 18.3 Å². The highest BCUT2D eigenvalue weighted by Crippen LogP contribution is 2.14. The third-order valence-electron chi connectivity index (χ3n) is 2.93. The number of aliphatic hydroxyl groups is 1. The third-order valence-corrected chi connectivity index (χ3v) is 2.93. The first-order valence-corrected chi connectivity index (χ1v) is 6.93. The first-order valence-electron chi connectivity index (χ1n) is 6.93. The minimum absolute atomic E-state index is 0.460. The number of hydrogen-bond donors (Lipinski definition) is 2. The molecule has 0 bridgehead atoms. The Morgan fingerprint density at radius 3 is 2.70 bits per heavy atom. The van der Waals surface area contributed by atoms with E-state index in [4.69, 9.17) is 9.15 Å². The minimum Gasteiger partial charge on any atom is -0.494 e. The normalized spacial score (nSPS) is 12.3. The monoisotopic (exact) mass is 275 g/mol. The summed E-state index contributed by atoms with van der Waals surface area (Å²) in [5, 5.41) is 13.1. The molecule has 1 atom stereocenters. The summed E-state index contributed by atoms with van der Waals surface area (Å²) in [7, 11) is 0. The fourth-order valence-corrected chi connectivity index (χ4v) is 1.86. The van der Waals surface area contributed by atoms with Crippen LogP contribution in [0.1, 0.15) is 30.8 Å². The SMILES string of the molecule is CCCOc1ccc(CNCC(O)c2ccco2)cc1. The summed E-state index contributed by atoms with van der Waals surface area (Å²) >= 11 is 0. The zero-order valence-electron chi connectivity index (χ0n) is 11.7. The van der Waals surface area contributed by atoms with Gasteiger partial charge in [-0.15, -0.1) is 0 Å². The van der Waals surface area contributed by atoms with Crippen molar-refractivity contribution < 1.29 is 14.3 Å². The summed E-state index contributed by atoms with van der Waals surface area (Å²) in [6, 6.07) is 11.5. The van der Waals surface area contributed by atoms with Crippen LogP contribution in [0, 0.1) is 0 Å². The van der Waals surface area contributed by atoms with Gasteiger partial charge in [-0.25, -0.2) is 0 Å². The zero-order chi connectivity index (χ0) is 14.2. The Bertz CT molecular complexity index is 479. The molecule has 0 saturated carbocycles. The predicted octanol–water partition coefficient (Wildman–Crippen LogP) is 2.89. The molecule has 1 aromatic carbocycles. The Labute approximate surface area is 119 Å². The molecule has 0 spiro atoms. The van der Waals surface area contributed by atoms with Gasteiger partial charge in [0.2, 0.25) is 0 Å². The van der Waals surface area contributed by atoms with Crippen LogP contribution in [0.5, 0.6) is 5.75 Å². The van der Waals surface area contributed by atoms with Gasteiger partial charge >= 0.3 is 0 Å². The molecule has 0 saturated heterocycles. The van der Waals surface area contributed by atoms with Crippen LogP contribution < -0.4 is 10.1 Å². The van der Waals surface area contributed by atoms with Crippen LogP contribution in [0.25, 0.3) is 0 Å². The maximum absolute atomic E-state index is 9.85. The molecule has 2 rings (SSSR count). The molecule has 1 aromatic heterocycles. The standard InChI is InChI=1S/C16H21NO3/c1-2-9-19-14-7-5-13(6-8-14)11-17-12-15(18)16-4-3-10-20-16/h3-8,10,15,17-18H,2,9,11-12H2,1H3. The third kappa shape index (κ3) is 4.40. The summed E-state index contributed by atoms with van der Waals surface area (Å²) in [6.07, 6.45) is 1.96. The number of rotatable bonds is 8. The van der Waals surface area contributed by atoms with E-state index in [9.17, 15) is 5.11 Å². The highest BCUT2D eigenvalue weighted by Gasteiger charge is 2.09. The van der Waals surface area contributed by atoms with Crippen molar-refractivity contribution in [3.8, 4) is 5.75 Å². The number of ether oxygens (including phenoxy) is 1. The van der Waals surface area contributed by atoms with E-state index < -0.39 is 6.10 Å². The summed E-state index contributed by atoms with van der Waals surface area (Å²) in [5.41, 5.74) is 1.15. The molecular weight excluding hydrogens is 254 g/mol. The van der Waals surface area contributed by atoms with Gasteiger partial charge in [-0.1, -0.05) is 19.1 Å². The molecule has 2 N–H and O–H groups in total. The molecule has 4 nitrogen and oxygen atoms in total. The molecule has 2 aromatic rings. The molecule has 0 aliphatic heterocycles. The minimum atomic E-state index is -0.614. The predicted molar refractivity (Wildman–Crippen MR) is 77.6 cm³/mol. The Hall–Kier alpha value is -1.78. The van der Waals surface area contributed by atoms with Crippen molar-refractivity contribution in [3.05, 3.63) is 54.0 Å². The number of benzene rings is 1. The lowest BCUT2D eigenvalue weighted by molar-refractivity contribution is 0.147. The van der Waals surface area contributed by atoms with Gasteiger partial charge in [0, 0.05) is 13.1 Å². The lowest BCUT2D eigenvalue weighted by Gasteiger charge is -2.10. The summed E-state index contributed by atoms with van der Waals surface area (Å²) < 4.78 is 10.7. The Balaban J connectivity index is 1.74. The highest BCUT2D eigenvalue weighted by atomic mass is 16.5. The summed E-state index contributed by atoms with van der Waals surface area (Å²) in [4.78, 5) is 0. The number of furan rings is 1. The average molecular weight is 275 g/mol. The Morgan fingerprint density at radius 2 is 2.05 bits per heavy atom. The van der Waals surface area contributed by atoms with Crippen molar-refractivity contribution in [2.75, 3.05) is 13.2 Å². The van der Waals surface area contributed by atoms with Crippen LogP contribution in [0.3, 0.4) is 0 Å². The van der Waals surface area contributed by atoms with Crippen molar-refractivity contribution in [1.82, 2.24) is 5.32 Å². The largest absolute Gasteiger partial charge is 0.494 e. The molecule has 108 valence electrons. The van der Waals surface area contributed by atoms with Crippen molar-refractivity contribution in [1.29, 1.82) is 0 Å². The van der Waals surface area contributed by atoms with E-state index >= 15 is 0 Å². The van der Waals surface area contributed by atoms with Crippen LogP contribution in [0.4, 0.5) is 0 Å². The maximum Gasteiger partial charge on any atom is 0.133 e. The van der Waals surface area contributed by atoms with Crippen molar-refractivity contribution in [2.45, 2.75) is 26.0 Å². The van der Waals surface area contributed by atoms with E-state index in [2.05, 4.69) is 12.2 Å². The van der Waals surface area contributed by atoms with Gasteiger partial charge in [-0.3, -0.25) is 0 Å². The van der Waals surface area contributed by atoms with Crippen LogP contribution in [0.15, 0.2) is 47.1 Å². The van der Waals surface area contributed by atoms with Crippen LogP contribution in [0.2, 0.25) is 0 Å². The zero-order valence-corrected chi connectivity index (χ0v) is 11.7. The molecule has 4 heteroatoms. The van der Waals surface area contributed by atoms with Crippen LogP contribution in [-0.2, 0) is 6.54 Å². The molecule has 0 fully saturated rings. The average Bonchev–Trinajstić information content (AvgIpc) is 3.00. The van der Waals surface area contributed by atoms with Crippen molar-refractivity contribution in [3.63, 3.8) is 0 Å². The molecular formula is C16H21NO3. The van der Waals surface area contributed by atoms with E-state index in [0.29, 0.717) is 18.8 Å². The second-order valence-corrected chi connectivity index (χ2v) is 4.65. The molecule has 20 heavy (non-hydrogen) atoms. The van der Waals surface area contributed by atoms with Gasteiger partial charge in [-0.2, -0.15) is 0 Å². The van der Waals surface area contributed by atoms with Gasteiger partial charge < -0.3 is 19.6 Å². The lowest BCUT2D eigenvalue weighted by atomic mass is 10.2. The van der Waals surface area contributed by atoms with E-state index in [1.807, 2.05) is 24.3 Å². The van der Waals surface area contributed by atoms with E-state index in [0.717, 1.165) is 24.3 Å². The molecule has 1 unspecified atom stereocenters. The second kappa shape index (κ2) is 7.72. The quantitative estimate of drug-likeness (QED) is 0.778. The number of hydrogen-bond acceptors (Lipinski definition) is 4. The number of aliphatic hydroxyl groups excluding tert-OH is 1. The van der Waals surface area contributed by atoms with Gasteiger partial charge in [0.15, 0.2) is 0 Å². The summed E-state index contributed by atoms with van der Waals surface area (Å²) in [5.74, 6) is 1.48. The number of nitrogens with one attached hydrogen (secondary N) is 1. The first-order chi connectivity index (χ1) is 9.79. The molecule has 0 radical (unpaired) electrons.